The highest BCUT2D eigenvalue weighted by Gasteiger charge is 2.25. The Balaban J connectivity index is 1.46. The number of rotatable bonds is 4. The number of pyridine rings is 2. The third-order valence-corrected chi connectivity index (χ3v) is 6.30. The summed E-state index contributed by atoms with van der Waals surface area (Å²) < 4.78 is 2.14. The first kappa shape index (κ1) is 20.3. The highest BCUT2D eigenvalue weighted by Crippen LogP contribution is 2.40. The van der Waals surface area contributed by atoms with Crippen molar-refractivity contribution >= 4 is 22.5 Å². The molecular formula is C28H23N5O. The van der Waals surface area contributed by atoms with Crippen molar-refractivity contribution in [1.82, 2.24) is 19.7 Å². The second-order valence-electron chi connectivity index (χ2n) is 8.56. The number of nitrogens with one attached hydrogen (secondary N) is 1. The number of nitrogens with zero attached hydrogens (tertiary/aromatic N) is 4. The molecule has 1 N–H and O–H groups in total. The van der Waals surface area contributed by atoms with Crippen LogP contribution < -0.4 is 5.32 Å². The fourth-order valence-corrected chi connectivity index (χ4v) is 4.79. The number of anilines is 1. The molecule has 6 rings (SSSR count). The van der Waals surface area contributed by atoms with Crippen molar-refractivity contribution in [3.05, 3.63) is 84.8 Å². The van der Waals surface area contributed by atoms with Gasteiger partial charge in [0.25, 0.3) is 0 Å². The van der Waals surface area contributed by atoms with Crippen molar-refractivity contribution in [2.45, 2.75) is 26.3 Å². The average molecular weight is 446 g/mol. The van der Waals surface area contributed by atoms with E-state index in [1.165, 1.54) is 12.6 Å². The minimum absolute atomic E-state index is 0.0769. The van der Waals surface area contributed by atoms with Crippen LogP contribution in [0.3, 0.4) is 0 Å². The Bertz CT molecular complexity index is 1520. The molecule has 0 atom stereocenters. The molecule has 6 nitrogen and oxygen atoms in total. The van der Waals surface area contributed by atoms with E-state index in [0.717, 1.165) is 69.6 Å². The first-order chi connectivity index (χ1) is 16.7. The highest BCUT2D eigenvalue weighted by atomic mass is 16.1. The Labute approximate surface area is 197 Å². The lowest BCUT2D eigenvalue weighted by Crippen LogP contribution is -2.05. The van der Waals surface area contributed by atoms with E-state index in [1.54, 1.807) is 0 Å². The number of carbonyl (C=O) groups is 1. The van der Waals surface area contributed by atoms with Gasteiger partial charge in [-0.15, -0.1) is 0 Å². The highest BCUT2D eigenvalue weighted by molar-refractivity contribution is 6.00. The Morgan fingerprint density at radius 2 is 1.79 bits per heavy atom. The normalized spacial score (nSPS) is 12.6. The van der Waals surface area contributed by atoms with Gasteiger partial charge in [0.1, 0.15) is 5.69 Å². The SMILES string of the molecule is CC(=O)Nc1ccc(-c2ccc3c(-c4c(-c5ccccn5)nn5c4CCC5)ccnc3c2)cc1. The zero-order valence-corrected chi connectivity index (χ0v) is 18.8. The Morgan fingerprint density at radius 1 is 0.941 bits per heavy atom. The van der Waals surface area contributed by atoms with E-state index < -0.39 is 0 Å². The zero-order chi connectivity index (χ0) is 23.1. The third kappa shape index (κ3) is 3.53. The minimum atomic E-state index is -0.0769. The Morgan fingerprint density at radius 3 is 2.59 bits per heavy atom. The number of aryl methyl sites for hydroxylation is 1. The van der Waals surface area contributed by atoms with Gasteiger partial charge in [0, 0.05) is 48.2 Å². The van der Waals surface area contributed by atoms with Gasteiger partial charge < -0.3 is 5.32 Å². The summed E-state index contributed by atoms with van der Waals surface area (Å²) in [5, 5.41) is 8.85. The summed E-state index contributed by atoms with van der Waals surface area (Å²) in [6.07, 6.45) is 5.82. The van der Waals surface area contributed by atoms with Crippen LogP contribution in [0.5, 0.6) is 0 Å². The number of hydrogen-bond acceptors (Lipinski definition) is 4. The van der Waals surface area contributed by atoms with Crippen molar-refractivity contribution in [3.63, 3.8) is 0 Å². The number of carbonyl (C=O) groups excluding carboxylic acids is 1. The summed E-state index contributed by atoms with van der Waals surface area (Å²) in [5.74, 6) is -0.0769. The molecule has 3 aromatic heterocycles. The largest absolute Gasteiger partial charge is 0.326 e. The van der Waals surface area contributed by atoms with E-state index >= 15 is 0 Å². The predicted octanol–water partition coefficient (Wildman–Crippen LogP) is 5.73. The number of amides is 1. The molecule has 6 heteroatoms. The van der Waals surface area contributed by atoms with Crippen LogP contribution in [0, 0.1) is 0 Å². The van der Waals surface area contributed by atoms with Crippen molar-refractivity contribution in [3.8, 4) is 33.6 Å². The maximum Gasteiger partial charge on any atom is 0.221 e. The van der Waals surface area contributed by atoms with E-state index in [2.05, 4.69) is 39.2 Å². The maximum atomic E-state index is 11.3. The molecule has 0 unspecified atom stereocenters. The van der Waals surface area contributed by atoms with Crippen LogP contribution in [-0.2, 0) is 17.8 Å². The lowest BCUT2D eigenvalue weighted by molar-refractivity contribution is -0.114. The van der Waals surface area contributed by atoms with Gasteiger partial charge in [0.05, 0.1) is 11.2 Å². The number of fused-ring (bicyclic) bond motifs is 2. The summed E-state index contributed by atoms with van der Waals surface area (Å²) in [6.45, 7) is 2.45. The van der Waals surface area contributed by atoms with Crippen LogP contribution in [0.15, 0.2) is 79.1 Å². The number of hydrogen-bond donors (Lipinski definition) is 1. The zero-order valence-electron chi connectivity index (χ0n) is 18.8. The van der Waals surface area contributed by atoms with E-state index in [1.807, 2.05) is 54.9 Å². The summed E-state index contributed by atoms with van der Waals surface area (Å²) in [7, 11) is 0. The number of benzene rings is 2. The standard InChI is InChI=1S/C28H23N5O/c1-18(34)31-21-10-7-19(8-11-21)20-9-12-22-23(13-15-30-25(22)17-20)27-26-6-4-16-33(26)32-28(27)24-5-2-3-14-29-24/h2-3,5,7-15,17H,4,6,16H2,1H3,(H,31,34). The van der Waals surface area contributed by atoms with Gasteiger partial charge in [-0.05, 0) is 65.9 Å². The van der Waals surface area contributed by atoms with Crippen LogP contribution in [-0.4, -0.2) is 25.7 Å². The van der Waals surface area contributed by atoms with Crippen molar-refractivity contribution < 1.29 is 4.79 Å². The van der Waals surface area contributed by atoms with Gasteiger partial charge in [-0.1, -0.05) is 30.3 Å². The summed E-state index contributed by atoms with van der Waals surface area (Å²) >= 11 is 0. The van der Waals surface area contributed by atoms with Gasteiger partial charge in [0.2, 0.25) is 5.91 Å². The average Bonchev–Trinajstić information content (AvgIpc) is 3.46. The van der Waals surface area contributed by atoms with Gasteiger partial charge >= 0.3 is 0 Å². The molecule has 1 aliphatic heterocycles. The first-order valence-corrected chi connectivity index (χ1v) is 11.5. The Hall–Kier alpha value is -4.32. The molecule has 1 aliphatic rings. The molecule has 0 bridgehead atoms. The minimum Gasteiger partial charge on any atom is -0.326 e. The van der Waals surface area contributed by atoms with Gasteiger partial charge in [-0.2, -0.15) is 5.10 Å². The molecule has 0 fully saturated rings. The second-order valence-corrected chi connectivity index (χ2v) is 8.56. The summed E-state index contributed by atoms with van der Waals surface area (Å²) in [5.41, 5.74) is 9.27. The Kier molecular flexibility index (Phi) is 4.91. The quantitative estimate of drug-likeness (QED) is 0.383. The summed E-state index contributed by atoms with van der Waals surface area (Å²) in [4.78, 5) is 20.6. The molecule has 0 aliphatic carbocycles. The maximum absolute atomic E-state index is 11.3. The smallest absolute Gasteiger partial charge is 0.221 e. The first-order valence-electron chi connectivity index (χ1n) is 11.5. The molecule has 0 saturated carbocycles. The molecule has 166 valence electrons. The monoisotopic (exact) mass is 445 g/mol. The fraction of sp³-hybridized carbons (Fsp3) is 0.143. The number of aromatic nitrogens is 4. The van der Waals surface area contributed by atoms with Crippen LogP contribution in [0.25, 0.3) is 44.5 Å². The van der Waals surface area contributed by atoms with Crippen molar-refractivity contribution in [2.75, 3.05) is 5.32 Å². The molecule has 1 amide bonds. The van der Waals surface area contributed by atoms with Gasteiger partial charge in [0.15, 0.2) is 0 Å². The van der Waals surface area contributed by atoms with E-state index in [9.17, 15) is 4.79 Å². The molecule has 0 radical (unpaired) electrons. The van der Waals surface area contributed by atoms with Crippen LogP contribution in [0.1, 0.15) is 19.0 Å². The van der Waals surface area contributed by atoms with Crippen molar-refractivity contribution in [2.24, 2.45) is 0 Å². The van der Waals surface area contributed by atoms with E-state index in [0.29, 0.717) is 0 Å². The van der Waals surface area contributed by atoms with Crippen LogP contribution in [0.4, 0.5) is 5.69 Å². The molecule has 34 heavy (non-hydrogen) atoms. The molecule has 2 aromatic carbocycles. The molecule has 5 aromatic rings. The molecule has 0 saturated heterocycles. The van der Waals surface area contributed by atoms with Crippen LogP contribution in [0.2, 0.25) is 0 Å². The lowest BCUT2D eigenvalue weighted by Gasteiger charge is -2.11. The van der Waals surface area contributed by atoms with Gasteiger partial charge in [-0.3, -0.25) is 19.4 Å². The van der Waals surface area contributed by atoms with E-state index in [-0.39, 0.29) is 5.91 Å². The molecule has 0 spiro atoms. The molecular weight excluding hydrogens is 422 g/mol. The molecule has 4 heterocycles. The topological polar surface area (TPSA) is 72.7 Å². The predicted molar refractivity (Wildman–Crippen MR) is 134 cm³/mol. The summed E-state index contributed by atoms with van der Waals surface area (Å²) in [6, 6.07) is 22.3. The van der Waals surface area contributed by atoms with E-state index in [4.69, 9.17) is 10.1 Å². The lowest BCUT2D eigenvalue weighted by atomic mass is 9.95. The van der Waals surface area contributed by atoms with Crippen LogP contribution >= 0.6 is 0 Å². The van der Waals surface area contributed by atoms with Crippen molar-refractivity contribution in [1.29, 1.82) is 0 Å². The fourth-order valence-electron chi connectivity index (χ4n) is 4.79. The third-order valence-electron chi connectivity index (χ3n) is 6.30. The van der Waals surface area contributed by atoms with Gasteiger partial charge in [-0.25, -0.2) is 0 Å². The second kappa shape index (κ2) is 8.23.